The lowest BCUT2D eigenvalue weighted by atomic mass is 9.83. The summed E-state index contributed by atoms with van der Waals surface area (Å²) in [5, 5.41) is 3.65. The first-order valence-corrected chi connectivity index (χ1v) is 9.64. The van der Waals surface area contributed by atoms with Crippen LogP contribution in [0, 0.1) is 11.3 Å². The van der Waals surface area contributed by atoms with E-state index in [1.54, 1.807) is 0 Å². The smallest absolute Gasteiger partial charge is 0.148 e. The Hall–Kier alpha value is -0.130. The fraction of sp³-hybridized carbons (Fsp3) is 1.00. The van der Waals surface area contributed by atoms with Gasteiger partial charge in [-0.25, -0.2) is 8.42 Å². The molecule has 4 nitrogen and oxygen atoms in total. The Bertz CT molecular complexity index is 412. The van der Waals surface area contributed by atoms with Crippen molar-refractivity contribution in [3.63, 3.8) is 0 Å². The molecule has 0 aliphatic carbocycles. The van der Waals surface area contributed by atoms with Crippen molar-refractivity contribution in [1.29, 1.82) is 0 Å². The number of rotatable bonds is 4. The van der Waals surface area contributed by atoms with E-state index in [0.29, 0.717) is 18.0 Å². The predicted octanol–water partition coefficient (Wildman–Crippen LogP) is 1.76. The lowest BCUT2D eigenvalue weighted by Crippen LogP contribution is -2.64. The summed E-state index contributed by atoms with van der Waals surface area (Å²) in [6.07, 6.45) is 1.33. The van der Waals surface area contributed by atoms with E-state index in [4.69, 9.17) is 0 Å². The van der Waals surface area contributed by atoms with Gasteiger partial charge in [0.2, 0.25) is 0 Å². The van der Waals surface area contributed by atoms with Crippen molar-refractivity contribution in [3.8, 4) is 0 Å². The van der Waals surface area contributed by atoms with Gasteiger partial charge in [0, 0.05) is 37.5 Å². The molecule has 0 amide bonds. The molecule has 5 heteroatoms. The maximum absolute atomic E-state index is 11.6. The number of hydrogen-bond donors (Lipinski definition) is 1. The van der Waals surface area contributed by atoms with Crippen LogP contribution < -0.4 is 5.32 Å². The topological polar surface area (TPSA) is 49.4 Å². The molecule has 120 valence electrons. The molecule has 1 aliphatic rings. The van der Waals surface area contributed by atoms with E-state index in [1.165, 1.54) is 6.26 Å². The van der Waals surface area contributed by atoms with Crippen molar-refractivity contribution < 1.29 is 8.42 Å². The highest BCUT2D eigenvalue weighted by Crippen LogP contribution is 2.27. The molecule has 1 aliphatic heterocycles. The quantitative estimate of drug-likeness (QED) is 0.860. The highest BCUT2D eigenvalue weighted by molar-refractivity contribution is 7.90. The average molecular weight is 305 g/mol. The molecule has 1 N–H and O–H groups in total. The number of nitrogens with zero attached hydrogens (tertiary/aromatic N) is 1. The molecule has 0 aromatic carbocycles. The van der Waals surface area contributed by atoms with E-state index in [0.717, 1.165) is 13.1 Å². The molecule has 0 radical (unpaired) electrons. The van der Waals surface area contributed by atoms with E-state index in [1.807, 2.05) is 6.92 Å². The number of sulfone groups is 1. The van der Waals surface area contributed by atoms with Crippen LogP contribution in [0.3, 0.4) is 0 Å². The summed E-state index contributed by atoms with van der Waals surface area (Å²) in [4.78, 5) is 2.40. The third-order valence-corrected chi connectivity index (χ3v) is 5.41. The van der Waals surface area contributed by atoms with E-state index >= 15 is 0 Å². The minimum absolute atomic E-state index is 0.0735. The minimum Gasteiger partial charge on any atom is -0.311 e. The first-order valence-electron chi connectivity index (χ1n) is 7.58. The zero-order chi connectivity index (χ0) is 15.7. The second-order valence-electron chi connectivity index (χ2n) is 7.78. The van der Waals surface area contributed by atoms with Gasteiger partial charge >= 0.3 is 0 Å². The zero-order valence-electron chi connectivity index (χ0n) is 14.1. The maximum atomic E-state index is 11.6. The fourth-order valence-corrected chi connectivity index (χ4v) is 4.10. The van der Waals surface area contributed by atoms with Gasteiger partial charge < -0.3 is 5.32 Å². The lowest BCUT2D eigenvalue weighted by molar-refractivity contribution is 0.0410. The standard InChI is InChI=1S/C15H32N2O2S/c1-11(2)13-8-16-14(15(4,5)6)9-17(13)12(3)10-20(7,18)19/h11-14,16H,8-10H2,1-7H3. The molecule has 0 saturated carbocycles. The number of nitrogens with one attached hydrogen (secondary N) is 1. The van der Waals surface area contributed by atoms with Crippen LogP contribution in [0.2, 0.25) is 0 Å². The third kappa shape index (κ3) is 5.01. The Morgan fingerprint density at radius 1 is 1.25 bits per heavy atom. The van der Waals surface area contributed by atoms with Gasteiger partial charge in [0.15, 0.2) is 0 Å². The van der Waals surface area contributed by atoms with Crippen molar-refractivity contribution >= 4 is 9.84 Å². The molecule has 3 atom stereocenters. The summed E-state index contributed by atoms with van der Waals surface area (Å²) in [7, 11) is -2.94. The summed E-state index contributed by atoms with van der Waals surface area (Å²) < 4.78 is 23.2. The van der Waals surface area contributed by atoms with Crippen LogP contribution >= 0.6 is 0 Å². The van der Waals surface area contributed by atoms with E-state index in [2.05, 4.69) is 44.8 Å². The summed E-state index contributed by atoms with van der Waals surface area (Å²) in [5.74, 6) is 0.762. The normalized spacial score (nSPS) is 27.8. The largest absolute Gasteiger partial charge is 0.311 e. The molecule has 3 unspecified atom stereocenters. The van der Waals surface area contributed by atoms with Gasteiger partial charge in [0.1, 0.15) is 9.84 Å². The average Bonchev–Trinajstić information content (AvgIpc) is 2.24. The van der Waals surface area contributed by atoms with Gasteiger partial charge in [-0.1, -0.05) is 34.6 Å². The van der Waals surface area contributed by atoms with E-state index in [-0.39, 0.29) is 17.2 Å². The third-order valence-electron chi connectivity index (χ3n) is 4.32. The van der Waals surface area contributed by atoms with Gasteiger partial charge in [-0.05, 0) is 18.3 Å². The van der Waals surface area contributed by atoms with Crippen LogP contribution in [0.25, 0.3) is 0 Å². The molecule has 1 heterocycles. The van der Waals surface area contributed by atoms with E-state index in [9.17, 15) is 8.42 Å². The second-order valence-corrected chi connectivity index (χ2v) is 9.96. The van der Waals surface area contributed by atoms with Crippen LogP contribution in [0.4, 0.5) is 0 Å². The highest BCUT2D eigenvalue weighted by atomic mass is 32.2. The minimum atomic E-state index is -2.94. The van der Waals surface area contributed by atoms with Crippen LogP contribution in [-0.2, 0) is 9.84 Å². The lowest BCUT2D eigenvalue weighted by Gasteiger charge is -2.48. The molecule has 0 aromatic rings. The molecule has 1 fully saturated rings. The molecule has 20 heavy (non-hydrogen) atoms. The van der Waals surface area contributed by atoms with Crippen LogP contribution in [0.5, 0.6) is 0 Å². The zero-order valence-corrected chi connectivity index (χ0v) is 14.9. The molecule has 0 aromatic heterocycles. The SMILES string of the molecule is CC(C)C1CNC(C(C)(C)C)CN1C(C)CS(C)(=O)=O. The van der Waals surface area contributed by atoms with Crippen molar-refractivity contribution in [1.82, 2.24) is 10.2 Å². The van der Waals surface area contributed by atoms with Gasteiger partial charge in [-0.3, -0.25) is 4.90 Å². The molecule has 0 spiro atoms. The Morgan fingerprint density at radius 2 is 1.80 bits per heavy atom. The Kier molecular flexibility index (Phi) is 5.67. The maximum Gasteiger partial charge on any atom is 0.148 e. The van der Waals surface area contributed by atoms with Crippen molar-refractivity contribution in [2.75, 3.05) is 25.1 Å². The summed E-state index contributed by atoms with van der Waals surface area (Å²) in [5.41, 5.74) is 0.186. The molecule has 1 saturated heterocycles. The summed E-state index contributed by atoms with van der Waals surface area (Å²) >= 11 is 0. The molecule has 0 bridgehead atoms. The summed E-state index contributed by atoms with van der Waals surface area (Å²) in [6, 6.07) is 0.884. The van der Waals surface area contributed by atoms with E-state index < -0.39 is 9.84 Å². The highest BCUT2D eigenvalue weighted by Gasteiger charge is 2.37. The van der Waals surface area contributed by atoms with Crippen LogP contribution in [-0.4, -0.2) is 56.5 Å². The monoisotopic (exact) mass is 304 g/mol. The van der Waals surface area contributed by atoms with Gasteiger partial charge in [0.25, 0.3) is 0 Å². The summed E-state index contributed by atoms with van der Waals surface area (Å²) in [6.45, 7) is 15.0. The molecular formula is C15H32N2O2S. The Morgan fingerprint density at radius 3 is 2.20 bits per heavy atom. The Labute approximate surface area is 125 Å². The van der Waals surface area contributed by atoms with Crippen molar-refractivity contribution in [2.24, 2.45) is 11.3 Å². The van der Waals surface area contributed by atoms with Gasteiger partial charge in [-0.2, -0.15) is 0 Å². The van der Waals surface area contributed by atoms with Gasteiger partial charge in [-0.15, -0.1) is 0 Å². The van der Waals surface area contributed by atoms with Crippen molar-refractivity contribution in [2.45, 2.75) is 59.7 Å². The first kappa shape index (κ1) is 17.9. The number of hydrogen-bond acceptors (Lipinski definition) is 4. The Balaban J connectivity index is 2.89. The molecule has 1 rings (SSSR count). The van der Waals surface area contributed by atoms with Gasteiger partial charge in [0.05, 0.1) is 5.75 Å². The first-order chi connectivity index (χ1) is 8.92. The predicted molar refractivity (Wildman–Crippen MR) is 85.8 cm³/mol. The molecular weight excluding hydrogens is 272 g/mol. The number of piperazine rings is 1. The van der Waals surface area contributed by atoms with Crippen LogP contribution in [0.1, 0.15) is 41.5 Å². The van der Waals surface area contributed by atoms with Crippen LogP contribution in [0.15, 0.2) is 0 Å². The second kappa shape index (κ2) is 6.32. The van der Waals surface area contributed by atoms with Crippen molar-refractivity contribution in [3.05, 3.63) is 0 Å². The fourth-order valence-electron chi connectivity index (χ4n) is 3.03.